The highest BCUT2D eigenvalue weighted by molar-refractivity contribution is 7.89. The molecule has 156 valence electrons. The Bertz CT molecular complexity index is 1170. The Labute approximate surface area is 174 Å². The Morgan fingerprint density at radius 3 is 2.37 bits per heavy atom. The first-order valence-corrected chi connectivity index (χ1v) is 10.9. The van der Waals surface area contributed by atoms with Gasteiger partial charge >= 0.3 is 0 Å². The average Bonchev–Trinajstić information content (AvgIpc) is 2.76. The molecule has 0 aliphatic rings. The summed E-state index contributed by atoms with van der Waals surface area (Å²) in [7, 11) is -3.76. The molecule has 3 rings (SSSR count). The molecule has 2 aromatic carbocycles. The second-order valence-electron chi connectivity index (χ2n) is 6.47. The molecule has 0 aliphatic heterocycles. The van der Waals surface area contributed by atoms with Gasteiger partial charge in [-0.25, -0.2) is 17.8 Å². The first kappa shape index (κ1) is 21.4. The first-order valence-electron chi connectivity index (χ1n) is 9.42. The van der Waals surface area contributed by atoms with E-state index in [4.69, 9.17) is 0 Å². The fourth-order valence-electron chi connectivity index (χ4n) is 2.71. The molecular formula is C21H22N4O4S. The van der Waals surface area contributed by atoms with Crippen molar-refractivity contribution in [3.63, 3.8) is 0 Å². The molecule has 3 aromatic rings. The van der Waals surface area contributed by atoms with Gasteiger partial charge in [-0.15, -0.1) is 0 Å². The minimum absolute atomic E-state index is 0.00179. The standard InChI is InChI=1S/C21H22N4O4S/c1-2-20(26)23-17-8-10-18(11-9-17)30(28,29)22-14-15-25-21(27)13-12-19(24-25)16-6-4-3-5-7-16/h3-13,22H,2,14-15H2,1H3,(H,23,26). The highest BCUT2D eigenvalue weighted by Gasteiger charge is 2.14. The number of rotatable bonds is 8. The molecule has 0 saturated carbocycles. The van der Waals surface area contributed by atoms with E-state index in [1.54, 1.807) is 13.0 Å². The van der Waals surface area contributed by atoms with Gasteiger partial charge in [0.25, 0.3) is 5.56 Å². The van der Waals surface area contributed by atoms with Crippen molar-refractivity contribution in [1.82, 2.24) is 14.5 Å². The Hall–Kier alpha value is -3.30. The van der Waals surface area contributed by atoms with Crippen LogP contribution in [-0.2, 0) is 21.4 Å². The highest BCUT2D eigenvalue weighted by Crippen LogP contribution is 2.15. The second kappa shape index (κ2) is 9.47. The van der Waals surface area contributed by atoms with Crippen LogP contribution < -0.4 is 15.6 Å². The Kier molecular flexibility index (Phi) is 6.76. The van der Waals surface area contributed by atoms with Crippen LogP contribution in [0.3, 0.4) is 0 Å². The SMILES string of the molecule is CCC(=O)Nc1ccc(S(=O)(=O)NCCn2nc(-c3ccccc3)ccc2=O)cc1. The molecule has 1 heterocycles. The van der Waals surface area contributed by atoms with Crippen molar-refractivity contribution in [2.75, 3.05) is 11.9 Å². The monoisotopic (exact) mass is 426 g/mol. The van der Waals surface area contributed by atoms with Gasteiger partial charge in [0.15, 0.2) is 0 Å². The number of aromatic nitrogens is 2. The lowest BCUT2D eigenvalue weighted by molar-refractivity contribution is -0.115. The molecule has 0 aliphatic carbocycles. The topological polar surface area (TPSA) is 110 Å². The fraction of sp³-hybridized carbons (Fsp3) is 0.190. The van der Waals surface area contributed by atoms with E-state index in [0.29, 0.717) is 17.8 Å². The predicted octanol–water partition coefficient (Wildman–Crippen LogP) is 2.24. The summed E-state index contributed by atoms with van der Waals surface area (Å²) in [5.41, 5.74) is 1.70. The lowest BCUT2D eigenvalue weighted by Gasteiger charge is -2.10. The zero-order chi connectivity index (χ0) is 21.6. The number of nitrogens with one attached hydrogen (secondary N) is 2. The van der Waals surface area contributed by atoms with Crippen LogP contribution in [0.4, 0.5) is 5.69 Å². The minimum Gasteiger partial charge on any atom is -0.326 e. The van der Waals surface area contributed by atoms with Crippen LogP contribution in [0.2, 0.25) is 0 Å². The van der Waals surface area contributed by atoms with Gasteiger partial charge in [0.05, 0.1) is 17.1 Å². The summed E-state index contributed by atoms with van der Waals surface area (Å²) >= 11 is 0. The van der Waals surface area contributed by atoms with Crippen molar-refractivity contribution in [3.8, 4) is 11.3 Å². The molecule has 0 unspecified atom stereocenters. The van der Waals surface area contributed by atoms with Gasteiger partial charge in [0.2, 0.25) is 15.9 Å². The summed E-state index contributed by atoms with van der Waals surface area (Å²) < 4.78 is 28.7. The Morgan fingerprint density at radius 2 is 1.70 bits per heavy atom. The van der Waals surface area contributed by atoms with Crippen LogP contribution in [0.15, 0.2) is 76.4 Å². The van der Waals surface area contributed by atoms with Crippen molar-refractivity contribution in [2.24, 2.45) is 0 Å². The third-order valence-corrected chi connectivity index (χ3v) is 5.80. The van der Waals surface area contributed by atoms with Crippen molar-refractivity contribution in [2.45, 2.75) is 24.8 Å². The van der Waals surface area contributed by atoms with E-state index in [2.05, 4.69) is 15.1 Å². The van der Waals surface area contributed by atoms with E-state index in [0.717, 1.165) is 5.56 Å². The third-order valence-electron chi connectivity index (χ3n) is 4.32. The van der Waals surface area contributed by atoms with Crippen LogP contribution in [0, 0.1) is 0 Å². The molecule has 0 atom stereocenters. The number of nitrogens with zero attached hydrogens (tertiary/aromatic N) is 2. The van der Waals surface area contributed by atoms with Crippen molar-refractivity contribution >= 4 is 21.6 Å². The number of amides is 1. The smallest absolute Gasteiger partial charge is 0.266 e. The molecule has 0 radical (unpaired) electrons. The summed E-state index contributed by atoms with van der Waals surface area (Å²) in [6.07, 6.45) is 0.334. The zero-order valence-electron chi connectivity index (χ0n) is 16.4. The van der Waals surface area contributed by atoms with Gasteiger partial charge in [0, 0.05) is 30.3 Å². The fourth-order valence-corrected chi connectivity index (χ4v) is 3.73. The van der Waals surface area contributed by atoms with Gasteiger partial charge in [0.1, 0.15) is 0 Å². The Morgan fingerprint density at radius 1 is 1.00 bits per heavy atom. The lowest BCUT2D eigenvalue weighted by Crippen LogP contribution is -2.32. The summed E-state index contributed by atoms with van der Waals surface area (Å²) in [6, 6.07) is 18.3. The minimum atomic E-state index is -3.76. The number of benzene rings is 2. The maximum Gasteiger partial charge on any atom is 0.266 e. The normalized spacial score (nSPS) is 11.2. The molecule has 0 spiro atoms. The van der Waals surface area contributed by atoms with Crippen molar-refractivity contribution in [3.05, 3.63) is 77.1 Å². The number of anilines is 1. The van der Waals surface area contributed by atoms with Gasteiger partial charge in [-0.05, 0) is 30.3 Å². The number of hydrogen-bond acceptors (Lipinski definition) is 5. The molecule has 0 bridgehead atoms. The highest BCUT2D eigenvalue weighted by atomic mass is 32.2. The van der Waals surface area contributed by atoms with Gasteiger partial charge in [-0.1, -0.05) is 37.3 Å². The Balaban J connectivity index is 1.65. The van der Waals surface area contributed by atoms with E-state index >= 15 is 0 Å². The van der Waals surface area contributed by atoms with E-state index in [-0.39, 0.29) is 29.5 Å². The lowest BCUT2D eigenvalue weighted by atomic mass is 10.1. The number of hydrogen-bond donors (Lipinski definition) is 2. The summed E-state index contributed by atoms with van der Waals surface area (Å²) in [6.45, 7) is 1.82. The van der Waals surface area contributed by atoms with Crippen molar-refractivity contribution in [1.29, 1.82) is 0 Å². The van der Waals surface area contributed by atoms with E-state index in [1.165, 1.54) is 35.0 Å². The zero-order valence-corrected chi connectivity index (χ0v) is 17.2. The van der Waals surface area contributed by atoms with Gasteiger partial charge in [-0.2, -0.15) is 5.10 Å². The summed E-state index contributed by atoms with van der Waals surface area (Å²) in [5, 5.41) is 6.97. The maximum absolute atomic E-state index is 12.5. The van der Waals surface area contributed by atoms with Crippen LogP contribution in [-0.4, -0.2) is 30.7 Å². The predicted molar refractivity (Wildman–Crippen MR) is 114 cm³/mol. The molecular weight excluding hydrogens is 404 g/mol. The molecule has 8 nitrogen and oxygen atoms in total. The first-order chi connectivity index (χ1) is 14.4. The molecule has 1 aromatic heterocycles. The van der Waals surface area contributed by atoms with Crippen molar-refractivity contribution < 1.29 is 13.2 Å². The van der Waals surface area contributed by atoms with Crippen LogP contribution >= 0.6 is 0 Å². The molecule has 30 heavy (non-hydrogen) atoms. The number of carbonyl (C=O) groups is 1. The van der Waals surface area contributed by atoms with E-state index < -0.39 is 10.0 Å². The van der Waals surface area contributed by atoms with E-state index in [9.17, 15) is 18.0 Å². The quantitative estimate of drug-likeness (QED) is 0.574. The van der Waals surface area contributed by atoms with Gasteiger partial charge in [-0.3, -0.25) is 9.59 Å². The van der Waals surface area contributed by atoms with Crippen LogP contribution in [0.5, 0.6) is 0 Å². The van der Waals surface area contributed by atoms with Crippen LogP contribution in [0.1, 0.15) is 13.3 Å². The molecule has 9 heteroatoms. The van der Waals surface area contributed by atoms with E-state index in [1.807, 2.05) is 30.3 Å². The van der Waals surface area contributed by atoms with Crippen LogP contribution in [0.25, 0.3) is 11.3 Å². The average molecular weight is 426 g/mol. The van der Waals surface area contributed by atoms with Gasteiger partial charge < -0.3 is 5.32 Å². The number of carbonyl (C=O) groups excluding carboxylic acids is 1. The molecule has 0 saturated heterocycles. The number of sulfonamides is 1. The second-order valence-corrected chi connectivity index (χ2v) is 8.24. The molecule has 0 fully saturated rings. The largest absolute Gasteiger partial charge is 0.326 e. The third kappa shape index (κ3) is 5.40. The summed E-state index contributed by atoms with van der Waals surface area (Å²) in [4.78, 5) is 23.5. The molecule has 1 amide bonds. The molecule has 2 N–H and O–H groups in total. The maximum atomic E-state index is 12.5. The summed E-state index contributed by atoms with van der Waals surface area (Å²) in [5.74, 6) is -0.153.